The van der Waals surface area contributed by atoms with Gasteiger partial charge in [0.25, 0.3) is 0 Å². The second kappa shape index (κ2) is 11.2. The van der Waals surface area contributed by atoms with Gasteiger partial charge in [0.05, 0.1) is 5.52 Å². The van der Waals surface area contributed by atoms with E-state index in [0.29, 0.717) is 16.8 Å². The first-order chi connectivity index (χ1) is 18.1. The number of amides is 1. The highest BCUT2D eigenvalue weighted by Crippen LogP contribution is 2.36. The van der Waals surface area contributed by atoms with Crippen LogP contribution in [0.25, 0.3) is 10.9 Å². The van der Waals surface area contributed by atoms with E-state index in [1.54, 1.807) is 24.3 Å². The first-order valence-corrected chi connectivity index (χ1v) is 12.4. The number of hydrogen-bond donors (Lipinski definition) is 2. The molecule has 0 aliphatic heterocycles. The summed E-state index contributed by atoms with van der Waals surface area (Å²) in [5.41, 5.74) is 1.30. The molecule has 38 heavy (non-hydrogen) atoms. The Morgan fingerprint density at radius 1 is 0.895 bits per heavy atom. The number of carboxylic acid groups (broad SMARTS) is 1. The molecule has 0 aliphatic carbocycles. The fraction of sp³-hybridized carbons (Fsp3) is 0.219. The minimum Gasteiger partial charge on any atom is -0.479 e. The first-order valence-electron chi connectivity index (χ1n) is 12.4. The molecule has 4 aromatic rings. The summed E-state index contributed by atoms with van der Waals surface area (Å²) < 4.78 is 5.40. The predicted octanol–water partition coefficient (Wildman–Crippen LogP) is 6.28. The van der Waals surface area contributed by atoms with Gasteiger partial charge < -0.3 is 15.2 Å². The number of carbonyl (C=O) groups is 2. The SMILES string of the molecule is CC(C)(C)CC(NC(=O)OCc1ccccc1)(C(=O)O)c1ccc2nc(C#Cc3ccccc3)ccc2c1. The number of carboxylic acids is 1. The maximum atomic E-state index is 12.9. The summed E-state index contributed by atoms with van der Waals surface area (Å²) in [6.07, 6.45) is -0.653. The van der Waals surface area contributed by atoms with Gasteiger partial charge in [-0.15, -0.1) is 0 Å². The average Bonchev–Trinajstić information content (AvgIpc) is 2.90. The predicted molar refractivity (Wildman–Crippen MR) is 147 cm³/mol. The van der Waals surface area contributed by atoms with E-state index < -0.39 is 23.0 Å². The highest BCUT2D eigenvalue weighted by molar-refractivity contribution is 5.88. The van der Waals surface area contributed by atoms with Crippen molar-refractivity contribution in [2.24, 2.45) is 5.41 Å². The summed E-state index contributed by atoms with van der Waals surface area (Å²) in [5.74, 6) is 5.00. The van der Waals surface area contributed by atoms with Gasteiger partial charge in [0.15, 0.2) is 5.54 Å². The molecule has 1 atom stereocenters. The van der Waals surface area contributed by atoms with E-state index in [4.69, 9.17) is 4.74 Å². The number of nitrogens with one attached hydrogen (secondary N) is 1. The standard InChI is InChI=1S/C32H30N2O4/c1-31(2,3)22-32(29(35)36,34-30(37)38-21-24-12-8-5-9-13-24)26-16-19-28-25(20-26)15-18-27(33-28)17-14-23-10-6-4-7-11-23/h4-13,15-16,18-20H,21-22H2,1-3H3,(H,34,37)(H,35,36). The van der Waals surface area contributed by atoms with E-state index in [9.17, 15) is 14.7 Å². The van der Waals surface area contributed by atoms with Crippen molar-refractivity contribution in [3.63, 3.8) is 0 Å². The molecular weight excluding hydrogens is 476 g/mol. The van der Waals surface area contributed by atoms with Crippen molar-refractivity contribution in [1.29, 1.82) is 0 Å². The topological polar surface area (TPSA) is 88.5 Å². The maximum absolute atomic E-state index is 12.9. The molecule has 0 bridgehead atoms. The van der Waals surface area contributed by atoms with Crippen LogP contribution in [-0.2, 0) is 21.7 Å². The number of hydrogen-bond acceptors (Lipinski definition) is 4. The molecule has 1 unspecified atom stereocenters. The largest absolute Gasteiger partial charge is 0.479 e. The van der Waals surface area contributed by atoms with Crippen LogP contribution in [-0.4, -0.2) is 22.2 Å². The summed E-state index contributed by atoms with van der Waals surface area (Å²) >= 11 is 0. The Labute approximate surface area is 222 Å². The molecule has 3 aromatic carbocycles. The lowest BCUT2D eigenvalue weighted by molar-refractivity contribution is -0.146. The molecule has 0 saturated carbocycles. The van der Waals surface area contributed by atoms with Crippen molar-refractivity contribution >= 4 is 23.0 Å². The van der Waals surface area contributed by atoms with Crippen molar-refractivity contribution < 1.29 is 19.4 Å². The lowest BCUT2D eigenvalue weighted by atomic mass is 9.75. The minimum absolute atomic E-state index is 0.0341. The molecule has 1 amide bonds. The third kappa shape index (κ3) is 6.57. The van der Waals surface area contributed by atoms with Crippen molar-refractivity contribution in [1.82, 2.24) is 10.3 Å². The average molecular weight is 507 g/mol. The summed E-state index contributed by atoms with van der Waals surface area (Å²) in [5, 5.41) is 13.9. The maximum Gasteiger partial charge on any atom is 0.408 e. The number of aromatic nitrogens is 1. The van der Waals surface area contributed by atoms with Gasteiger partial charge in [0, 0.05) is 10.9 Å². The monoisotopic (exact) mass is 506 g/mol. The fourth-order valence-corrected chi connectivity index (χ4v) is 4.32. The molecule has 4 rings (SSSR count). The lowest BCUT2D eigenvalue weighted by Gasteiger charge is -2.36. The van der Waals surface area contributed by atoms with Crippen molar-refractivity contribution in [3.05, 3.63) is 113 Å². The quantitative estimate of drug-likeness (QED) is 0.301. The second-order valence-electron chi connectivity index (χ2n) is 10.4. The third-order valence-corrected chi connectivity index (χ3v) is 5.98. The van der Waals surface area contributed by atoms with Crippen LogP contribution in [0.15, 0.2) is 91.0 Å². The Morgan fingerprint density at radius 2 is 1.58 bits per heavy atom. The number of fused-ring (bicyclic) bond motifs is 1. The van der Waals surface area contributed by atoms with Gasteiger partial charge in [-0.05, 0) is 65.3 Å². The minimum atomic E-state index is -1.70. The molecule has 0 radical (unpaired) electrons. The van der Waals surface area contributed by atoms with E-state index in [0.717, 1.165) is 16.5 Å². The van der Waals surface area contributed by atoms with Gasteiger partial charge in [0.1, 0.15) is 12.3 Å². The summed E-state index contributed by atoms with van der Waals surface area (Å²) in [6, 6.07) is 27.8. The van der Waals surface area contributed by atoms with Crippen LogP contribution in [0.1, 0.15) is 49.6 Å². The number of benzene rings is 3. The van der Waals surface area contributed by atoms with E-state index in [-0.39, 0.29) is 13.0 Å². The molecule has 192 valence electrons. The van der Waals surface area contributed by atoms with E-state index in [1.165, 1.54) is 0 Å². The Morgan fingerprint density at radius 3 is 2.24 bits per heavy atom. The molecule has 0 fully saturated rings. The second-order valence-corrected chi connectivity index (χ2v) is 10.4. The summed E-state index contributed by atoms with van der Waals surface area (Å²) in [7, 11) is 0. The normalized spacial score (nSPS) is 12.6. The van der Waals surface area contributed by atoms with Crippen LogP contribution >= 0.6 is 0 Å². The Kier molecular flexibility index (Phi) is 7.78. The van der Waals surface area contributed by atoms with Crippen LogP contribution in [0, 0.1) is 17.3 Å². The molecule has 6 heteroatoms. The first kappa shape index (κ1) is 26.4. The smallest absolute Gasteiger partial charge is 0.408 e. The number of ether oxygens (including phenoxy) is 1. The molecular formula is C32H30N2O4. The van der Waals surface area contributed by atoms with Gasteiger partial charge in [-0.2, -0.15) is 0 Å². The highest BCUT2D eigenvalue weighted by atomic mass is 16.5. The van der Waals surface area contributed by atoms with Crippen LogP contribution in [0.5, 0.6) is 0 Å². The number of pyridine rings is 1. The zero-order valence-corrected chi connectivity index (χ0v) is 21.7. The Balaban J connectivity index is 1.65. The van der Waals surface area contributed by atoms with E-state index in [2.05, 4.69) is 22.1 Å². The van der Waals surface area contributed by atoms with Gasteiger partial charge in [-0.1, -0.05) is 81.3 Å². The zero-order valence-electron chi connectivity index (χ0n) is 21.7. The number of carbonyl (C=O) groups excluding carboxylic acids is 1. The third-order valence-electron chi connectivity index (χ3n) is 5.98. The zero-order chi connectivity index (χ0) is 27.2. The number of nitrogens with zero attached hydrogens (tertiary/aromatic N) is 1. The van der Waals surface area contributed by atoms with Crippen molar-refractivity contribution in [3.8, 4) is 11.8 Å². The van der Waals surface area contributed by atoms with Crippen LogP contribution in [0.2, 0.25) is 0 Å². The molecule has 0 spiro atoms. The van der Waals surface area contributed by atoms with Crippen LogP contribution in [0.3, 0.4) is 0 Å². The van der Waals surface area contributed by atoms with Gasteiger partial charge in [0.2, 0.25) is 0 Å². The molecule has 0 saturated heterocycles. The van der Waals surface area contributed by atoms with Gasteiger partial charge >= 0.3 is 12.1 Å². The number of alkyl carbamates (subject to hydrolysis) is 1. The molecule has 1 heterocycles. The Bertz CT molecular complexity index is 1500. The fourth-order valence-electron chi connectivity index (χ4n) is 4.32. The molecule has 1 aromatic heterocycles. The Hall–Kier alpha value is -4.63. The van der Waals surface area contributed by atoms with Crippen LogP contribution < -0.4 is 5.32 Å². The van der Waals surface area contributed by atoms with Gasteiger partial charge in [-0.3, -0.25) is 0 Å². The summed E-state index contributed by atoms with van der Waals surface area (Å²) in [4.78, 5) is 30.3. The highest BCUT2D eigenvalue weighted by Gasteiger charge is 2.45. The molecule has 2 N–H and O–H groups in total. The van der Waals surface area contributed by atoms with Crippen molar-refractivity contribution in [2.75, 3.05) is 0 Å². The van der Waals surface area contributed by atoms with Gasteiger partial charge in [-0.25, -0.2) is 14.6 Å². The van der Waals surface area contributed by atoms with E-state index in [1.807, 2.05) is 87.5 Å². The van der Waals surface area contributed by atoms with E-state index >= 15 is 0 Å². The lowest BCUT2D eigenvalue weighted by Crippen LogP contribution is -2.54. The molecule has 6 nitrogen and oxygen atoms in total. The summed E-state index contributed by atoms with van der Waals surface area (Å²) in [6.45, 7) is 5.83. The van der Waals surface area contributed by atoms with Crippen LogP contribution in [0.4, 0.5) is 4.79 Å². The van der Waals surface area contributed by atoms with Crippen molar-refractivity contribution in [2.45, 2.75) is 39.3 Å². The number of rotatable bonds is 6. The molecule has 0 aliphatic rings. The number of aliphatic carboxylic acids is 1.